The smallest absolute Gasteiger partial charge is 0.369 e. The van der Waals surface area contributed by atoms with Gasteiger partial charge in [0.1, 0.15) is 5.82 Å². The Hall–Kier alpha value is -1.47. The first kappa shape index (κ1) is 14.9. The molecule has 0 bridgehead atoms. The van der Waals surface area contributed by atoms with Crippen molar-refractivity contribution in [3.63, 3.8) is 0 Å². The Morgan fingerprint density at radius 1 is 1.30 bits per heavy atom. The van der Waals surface area contributed by atoms with Crippen molar-refractivity contribution in [1.29, 1.82) is 0 Å². The molecule has 0 aliphatic carbocycles. The highest BCUT2D eigenvalue weighted by molar-refractivity contribution is 6.36. The summed E-state index contributed by atoms with van der Waals surface area (Å²) in [4.78, 5) is 4.09. The highest BCUT2D eigenvalue weighted by Gasteiger charge is 2.33. The fraction of sp³-hybridized carbons (Fsp3) is 0.273. The largest absolute Gasteiger partial charge is 0.435 e. The molecule has 2 aromatic heterocycles. The van der Waals surface area contributed by atoms with E-state index in [1.165, 1.54) is 6.07 Å². The minimum atomic E-state index is -4.52. The standard InChI is InChI=1S/C11H9Cl2F3N4/c1-2-17-9-6(12)5-7(13)10(18-9)20-4-3-8(19-20)11(14,15)16/h3-5H,2H2,1H3,(H,17,18). The van der Waals surface area contributed by atoms with E-state index < -0.39 is 11.9 Å². The lowest BCUT2D eigenvalue weighted by molar-refractivity contribution is -0.141. The van der Waals surface area contributed by atoms with E-state index in [0.717, 1.165) is 16.9 Å². The molecule has 0 fully saturated rings. The number of pyridine rings is 1. The van der Waals surface area contributed by atoms with E-state index in [1.807, 2.05) is 6.92 Å². The first-order valence-corrected chi connectivity index (χ1v) is 6.31. The fourth-order valence-corrected chi connectivity index (χ4v) is 2.01. The molecule has 0 saturated heterocycles. The summed E-state index contributed by atoms with van der Waals surface area (Å²) in [6.07, 6.45) is -3.38. The zero-order valence-electron chi connectivity index (χ0n) is 10.2. The normalized spacial score (nSPS) is 11.7. The third-order valence-corrected chi connectivity index (χ3v) is 2.92. The summed E-state index contributed by atoms with van der Waals surface area (Å²) in [6, 6.07) is 2.25. The monoisotopic (exact) mass is 324 g/mol. The molecule has 108 valence electrons. The summed E-state index contributed by atoms with van der Waals surface area (Å²) in [5.41, 5.74) is -1.02. The van der Waals surface area contributed by atoms with Gasteiger partial charge in [-0.3, -0.25) is 0 Å². The maximum atomic E-state index is 12.5. The van der Waals surface area contributed by atoms with Crippen molar-refractivity contribution in [3.05, 3.63) is 34.1 Å². The van der Waals surface area contributed by atoms with Crippen LogP contribution >= 0.6 is 23.2 Å². The average Bonchev–Trinajstić information content (AvgIpc) is 2.81. The van der Waals surface area contributed by atoms with E-state index in [-0.39, 0.29) is 15.9 Å². The van der Waals surface area contributed by atoms with Gasteiger partial charge in [-0.2, -0.15) is 18.3 Å². The first-order chi connectivity index (χ1) is 9.32. The molecule has 4 nitrogen and oxygen atoms in total. The summed E-state index contributed by atoms with van der Waals surface area (Å²) in [5.74, 6) is 0.403. The molecule has 0 saturated carbocycles. The molecule has 0 unspecified atom stereocenters. The highest BCUT2D eigenvalue weighted by atomic mass is 35.5. The second-order valence-corrected chi connectivity index (χ2v) is 4.61. The third-order valence-electron chi connectivity index (χ3n) is 2.35. The second-order valence-electron chi connectivity index (χ2n) is 3.80. The molecule has 0 aromatic carbocycles. The van der Waals surface area contributed by atoms with Crippen LogP contribution in [0.4, 0.5) is 19.0 Å². The SMILES string of the molecule is CCNc1nc(-n2ccc(C(F)(F)F)n2)c(Cl)cc1Cl. The fourth-order valence-electron chi connectivity index (χ4n) is 1.50. The summed E-state index contributed by atoms with van der Waals surface area (Å²) in [7, 11) is 0. The van der Waals surface area contributed by atoms with Crippen LogP contribution in [-0.4, -0.2) is 21.3 Å². The topological polar surface area (TPSA) is 42.7 Å². The number of aromatic nitrogens is 3. The number of nitrogens with zero attached hydrogens (tertiary/aromatic N) is 3. The zero-order valence-corrected chi connectivity index (χ0v) is 11.7. The lowest BCUT2D eigenvalue weighted by Crippen LogP contribution is -2.09. The Labute approximate surface area is 122 Å². The molecular weight excluding hydrogens is 316 g/mol. The number of halogens is 5. The van der Waals surface area contributed by atoms with Crippen molar-refractivity contribution in [3.8, 4) is 5.82 Å². The molecule has 0 spiro atoms. The number of alkyl halides is 3. The van der Waals surface area contributed by atoms with Crippen molar-refractivity contribution in [2.24, 2.45) is 0 Å². The Balaban J connectivity index is 2.47. The molecule has 0 atom stereocenters. The van der Waals surface area contributed by atoms with E-state index in [2.05, 4.69) is 15.4 Å². The van der Waals surface area contributed by atoms with Gasteiger partial charge in [-0.05, 0) is 19.1 Å². The van der Waals surface area contributed by atoms with Gasteiger partial charge in [0.2, 0.25) is 0 Å². The van der Waals surface area contributed by atoms with Crippen LogP contribution in [0.2, 0.25) is 10.0 Å². The minimum absolute atomic E-state index is 0.0718. The quantitative estimate of drug-likeness (QED) is 0.927. The van der Waals surface area contributed by atoms with E-state index in [9.17, 15) is 13.2 Å². The molecule has 0 aliphatic heterocycles. The molecule has 20 heavy (non-hydrogen) atoms. The lowest BCUT2D eigenvalue weighted by Gasteiger charge is -2.09. The van der Waals surface area contributed by atoms with Crippen molar-refractivity contribution >= 4 is 29.0 Å². The molecule has 0 amide bonds. The predicted molar refractivity (Wildman–Crippen MR) is 70.5 cm³/mol. The highest BCUT2D eigenvalue weighted by Crippen LogP contribution is 2.30. The molecule has 0 aliphatic rings. The van der Waals surface area contributed by atoms with Crippen LogP contribution in [0, 0.1) is 0 Å². The molecular formula is C11H9Cl2F3N4. The molecule has 9 heteroatoms. The Bertz CT molecular complexity index is 625. The molecule has 2 aromatic rings. The molecule has 0 radical (unpaired) electrons. The third kappa shape index (κ3) is 2.99. The van der Waals surface area contributed by atoms with E-state index >= 15 is 0 Å². The Morgan fingerprint density at radius 3 is 2.55 bits per heavy atom. The summed E-state index contributed by atoms with van der Waals surface area (Å²) < 4.78 is 38.5. The average molecular weight is 325 g/mol. The van der Waals surface area contributed by atoms with Crippen molar-refractivity contribution in [1.82, 2.24) is 14.8 Å². The number of rotatable bonds is 3. The van der Waals surface area contributed by atoms with Gasteiger partial charge in [0.15, 0.2) is 11.5 Å². The van der Waals surface area contributed by atoms with Gasteiger partial charge in [0.25, 0.3) is 0 Å². The van der Waals surface area contributed by atoms with Gasteiger partial charge in [-0.25, -0.2) is 9.67 Å². The van der Waals surface area contributed by atoms with Crippen LogP contribution in [-0.2, 0) is 6.18 Å². The number of nitrogens with one attached hydrogen (secondary N) is 1. The van der Waals surface area contributed by atoms with Crippen LogP contribution < -0.4 is 5.32 Å². The second kappa shape index (κ2) is 5.49. The van der Waals surface area contributed by atoms with Gasteiger partial charge < -0.3 is 5.32 Å². The summed E-state index contributed by atoms with van der Waals surface area (Å²) in [6.45, 7) is 2.39. The van der Waals surface area contributed by atoms with Crippen molar-refractivity contribution < 1.29 is 13.2 Å². The molecule has 2 heterocycles. The van der Waals surface area contributed by atoms with Gasteiger partial charge in [-0.15, -0.1) is 0 Å². The number of anilines is 1. The lowest BCUT2D eigenvalue weighted by atomic mass is 10.4. The van der Waals surface area contributed by atoms with Gasteiger partial charge >= 0.3 is 6.18 Å². The maximum absolute atomic E-state index is 12.5. The van der Waals surface area contributed by atoms with Gasteiger partial charge in [-0.1, -0.05) is 23.2 Å². The summed E-state index contributed by atoms with van der Waals surface area (Å²) >= 11 is 11.9. The summed E-state index contributed by atoms with van der Waals surface area (Å²) in [5, 5.41) is 6.69. The van der Waals surface area contributed by atoms with Crippen molar-refractivity contribution in [2.45, 2.75) is 13.1 Å². The van der Waals surface area contributed by atoms with Crippen LogP contribution in [0.25, 0.3) is 5.82 Å². The van der Waals surface area contributed by atoms with Crippen LogP contribution in [0.5, 0.6) is 0 Å². The molecule has 2 rings (SSSR count). The Kier molecular flexibility index (Phi) is 4.10. The maximum Gasteiger partial charge on any atom is 0.435 e. The van der Waals surface area contributed by atoms with Crippen molar-refractivity contribution in [2.75, 3.05) is 11.9 Å². The molecule has 1 N–H and O–H groups in total. The minimum Gasteiger partial charge on any atom is -0.369 e. The number of hydrogen-bond donors (Lipinski definition) is 1. The zero-order chi connectivity index (χ0) is 14.9. The van der Waals surface area contributed by atoms with Crippen LogP contribution in [0.3, 0.4) is 0 Å². The van der Waals surface area contributed by atoms with Crippen LogP contribution in [0.15, 0.2) is 18.3 Å². The van der Waals surface area contributed by atoms with E-state index in [4.69, 9.17) is 23.2 Å². The van der Waals surface area contributed by atoms with E-state index in [1.54, 1.807) is 0 Å². The van der Waals surface area contributed by atoms with Crippen LogP contribution in [0.1, 0.15) is 12.6 Å². The number of hydrogen-bond acceptors (Lipinski definition) is 3. The Morgan fingerprint density at radius 2 is 2.00 bits per heavy atom. The first-order valence-electron chi connectivity index (χ1n) is 5.56. The predicted octanol–water partition coefficient (Wildman–Crippen LogP) is 4.02. The van der Waals surface area contributed by atoms with Gasteiger partial charge in [0.05, 0.1) is 10.0 Å². The van der Waals surface area contributed by atoms with Gasteiger partial charge in [0, 0.05) is 12.7 Å². The van der Waals surface area contributed by atoms with E-state index in [0.29, 0.717) is 12.4 Å².